The zero-order chi connectivity index (χ0) is 20.7. The molecule has 2 aliphatic heterocycles. The summed E-state index contributed by atoms with van der Waals surface area (Å²) in [5.41, 5.74) is 9.58. The normalized spacial score (nSPS) is 30.1. The average Bonchev–Trinajstić information content (AvgIpc) is 3.39. The standard InChI is InChI=1S/C22H34N8/c1-15(2)29-6-8-30(9-7-29)21-11-20(23-14-24-21)22-18-10-16(4-5-19(18)26-27-22)17-12-25-28(3)13-17/h11-16,18-19,22,26-27H,4-10H2,1-3H3. The summed E-state index contributed by atoms with van der Waals surface area (Å²) in [5, 5.41) is 4.39. The number of fused-ring (bicyclic) bond motifs is 1. The van der Waals surface area contributed by atoms with Gasteiger partial charge in [0.05, 0.1) is 17.9 Å². The fourth-order valence-electron chi connectivity index (χ4n) is 5.48. The molecule has 0 spiro atoms. The molecule has 0 radical (unpaired) electrons. The van der Waals surface area contributed by atoms with Gasteiger partial charge in [0, 0.05) is 57.6 Å². The fraction of sp³-hybridized carbons (Fsp3) is 0.682. The van der Waals surface area contributed by atoms with Crippen LogP contribution in [0.15, 0.2) is 24.8 Å². The second kappa shape index (κ2) is 8.24. The van der Waals surface area contributed by atoms with Crippen molar-refractivity contribution < 1.29 is 0 Å². The molecule has 5 rings (SSSR count). The van der Waals surface area contributed by atoms with E-state index < -0.39 is 0 Å². The lowest BCUT2D eigenvalue weighted by molar-refractivity contribution is 0.209. The molecule has 3 fully saturated rings. The summed E-state index contributed by atoms with van der Waals surface area (Å²) in [7, 11) is 2.00. The lowest BCUT2D eigenvalue weighted by Gasteiger charge is -2.37. The molecular weight excluding hydrogens is 376 g/mol. The molecule has 2 saturated heterocycles. The predicted octanol–water partition coefficient (Wildman–Crippen LogP) is 1.84. The van der Waals surface area contributed by atoms with Crippen molar-refractivity contribution in [2.45, 2.75) is 57.2 Å². The van der Waals surface area contributed by atoms with E-state index in [9.17, 15) is 0 Å². The number of nitrogens with one attached hydrogen (secondary N) is 2. The quantitative estimate of drug-likeness (QED) is 0.797. The minimum absolute atomic E-state index is 0.230. The number of aromatic nitrogens is 4. The predicted molar refractivity (Wildman–Crippen MR) is 117 cm³/mol. The highest BCUT2D eigenvalue weighted by atomic mass is 15.4. The van der Waals surface area contributed by atoms with Crippen LogP contribution in [0, 0.1) is 5.92 Å². The number of anilines is 1. The van der Waals surface area contributed by atoms with Gasteiger partial charge in [-0.1, -0.05) is 0 Å². The van der Waals surface area contributed by atoms with Crippen LogP contribution in [0.5, 0.6) is 0 Å². The van der Waals surface area contributed by atoms with Crippen LogP contribution in [-0.2, 0) is 7.05 Å². The second-order valence-corrected chi connectivity index (χ2v) is 9.41. The maximum Gasteiger partial charge on any atom is 0.132 e. The monoisotopic (exact) mass is 410 g/mol. The van der Waals surface area contributed by atoms with E-state index in [1.807, 2.05) is 17.9 Å². The van der Waals surface area contributed by atoms with Crippen molar-refractivity contribution in [3.8, 4) is 0 Å². The van der Waals surface area contributed by atoms with Crippen molar-refractivity contribution in [1.29, 1.82) is 0 Å². The van der Waals surface area contributed by atoms with E-state index in [1.54, 1.807) is 6.33 Å². The molecule has 30 heavy (non-hydrogen) atoms. The van der Waals surface area contributed by atoms with Crippen LogP contribution in [-0.4, -0.2) is 62.9 Å². The van der Waals surface area contributed by atoms with Gasteiger partial charge in [-0.15, -0.1) is 0 Å². The van der Waals surface area contributed by atoms with E-state index in [1.165, 1.54) is 18.4 Å². The van der Waals surface area contributed by atoms with Gasteiger partial charge in [0.15, 0.2) is 0 Å². The first-order chi connectivity index (χ1) is 14.6. The first-order valence-electron chi connectivity index (χ1n) is 11.4. The molecule has 1 saturated carbocycles. The maximum absolute atomic E-state index is 4.69. The fourth-order valence-corrected chi connectivity index (χ4v) is 5.48. The maximum atomic E-state index is 4.69. The van der Waals surface area contributed by atoms with E-state index in [2.05, 4.69) is 61.8 Å². The Morgan fingerprint density at radius 3 is 2.63 bits per heavy atom. The molecule has 2 N–H and O–H groups in total. The molecule has 2 aromatic rings. The highest BCUT2D eigenvalue weighted by Crippen LogP contribution is 2.43. The summed E-state index contributed by atoms with van der Waals surface area (Å²) >= 11 is 0. The van der Waals surface area contributed by atoms with Gasteiger partial charge in [-0.05, 0) is 50.5 Å². The van der Waals surface area contributed by atoms with Crippen LogP contribution >= 0.6 is 0 Å². The zero-order valence-electron chi connectivity index (χ0n) is 18.3. The van der Waals surface area contributed by atoms with Gasteiger partial charge < -0.3 is 4.90 Å². The molecule has 0 bridgehead atoms. The second-order valence-electron chi connectivity index (χ2n) is 9.41. The van der Waals surface area contributed by atoms with Gasteiger partial charge in [-0.2, -0.15) is 5.10 Å². The molecule has 4 unspecified atom stereocenters. The molecule has 1 aliphatic carbocycles. The number of hydrogen-bond donors (Lipinski definition) is 2. The van der Waals surface area contributed by atoms with Gasteiger partial charge in [0.1, 0.15) is 12.1 Å². The highest BCUT2D eigenvalue weighted by molar-refractivity contribution is 5.40. The van der Waals surface area contributed by atoms with E-state index >= 15 is 0 Å². The molecule has 0 amide bonds. The molecule has 2 aromatic heterocycles. The Hall–Kier alpha value is -2.03. The molecule has 8 nitrogen and oxygen atoms in total. The Labute approximate surface area is 179 Å². The molecule has 162 valence electrons. The number of piperazine rings is 1. The van der Waals surface area contributed by atoms with Gasteiger partial charge in [-0.25, -0.2) is 15.4 Å². The summed E-state index contributed by atoms with van der Waals surface area (Å²) in [6, 6.07) is 3.56. The SMILES string of the molecule is CC(C)N1CCN(c2cc(C3NNC4CCC(c5cnn(C)c5)CC43)ncn2)CC1. The Kier molecular flexibility index (Phi) is 5.47. The molecule has 4 atom stereocenters. The molecule has 0 aromatic carbocycles. The first-order valence-corrected chi connectivity index (χ1v) is 11.4. The molecule has 8 heteroatoms. The molecular formula is C22H34N8. The number of rotatable bonds is 4. The van der Waals surface area contributed by atoms with Gasteiger partial charge >= 0.3 is 0 Å². The van der Waals surface area contributed by atoms with E-state index in [-0.39, 0.29) is 6.04 Å². The third-order valence-electron chi connectivity index (χ3n) is 7.31. The first kappa shape index (κ1) is 19.9. The summed E-state index contributed by atoms with van der Waals surface area (Å²) in [6.45, 7) is 8.79. The zero-order valence-corrected chi connectivity index (χ0v) is 18.3. The largest absolute Gasteiger partial charge is 0.354 e. The third-order valence-corrected chi connectivity index (χ3v) is 7.31. The van der Waals surface area contributed by atoms with E-state index in [4.69, 9.17) is 0 Å². The van der Waals surface area contributed by atoms with E-state index in [0.29, 0.717) is 23.9 Å². The topological polar surface area (TPSA) is 74.1 Å². The van der Waals surface area contributed by atoms with Crippen molar-refractivity contribution in [2.75, 3.05) is 31.1 Å². The van der Waals surface area contributed by atoms with E-state index in [0.717, 1.165) is 44.1 Å². The Morgan fingerprint density at radius 1 is 1.07 bits per heavy atom. The van der Waals surface area contributed by atoms with Crippen LogP contribution < -0.4 is 15.8 Å². The number of aryl methyl sites for hydroxylation is 1. The number of hydrogen-bond acceptors (Lipinski definition) is 7. The summed E-state index contributed by atoms with van der Waals surface area (Å²) in [5.74, 6) is 2.17. The lowest BCUT2D eigenvalue weighted by atomic mass is 9.73. The van der Waals surface area contributed by atoms with Crippen LogP contribution in [0.4, 0.5) is 5.82 Å². The van der Waals surface area contributed by atoms with Crippen molar-refractivity contribution in [3.63, 3.8) is 0 Å². The number of hydrazine groups is 1. The van der Waals surface area contributed by atoms with Gasteiger partial charge in [0.25, 0.3) is 0 Å². The van der Waals surface area contributed by atoms with Gasteiger partial charge in [-0.3, -0.25) is 15.0 Å². The average molecular weight is 411 g/mol. The smallest absolute Gasteiger partial charge is 0.132 e. The van der Waals surface area contributed by atoms with Crippen LogP contribution in [0.2, 0.25) is 0 Å². The Balaban J connectivity index is 1.30. The molecule has 4 heterocycles. The third kappa shape index (κ3) is 3.84. The highest BCUT2D eigenvalue weighted by Gasteiger charge is 2.42. The number of nitrogens with zero attached hydrogens (tertiary/aromatic N) is 6. The summed E-state index contributed by atoms with van der Waals surface area (Å²) < 4.78 is 1.92. The van der Waals surface area contributed by atoms with Gasteiger partial charge in [0.2, 0.25) is 0 Å². The minimum Gasteiger partial charge on any atom is -0.354 e. The Bertz CT molecular complexity index is 856. The summed E-state index contributed by atoms with van der Waals surface area (Å²) in [6.07, 6.45) is 9.51. The van der Waals surface area contributed by atoms with Crippen molar-refractivity contribution in [2.24, 2.45) is 13.0 Å². The molecule has 3 aliphatic rings. The van der Waals surface area contributed by atoms with Crippen LogP contribution in [0.3, 0.4) is 0 Å². The Morgan fingerprint density at radius 2 is 1.90 bits per heavy atom. The van der Waals surface area contributed by atoms with Crippen molar-refractivity contribution in [1.82, 2.24) is 35.5 Å². The lowest BCUT2D eigenvalue weighted by Crippen LogP contribution is -2.49. The van der Waals surface area contributed by atoms with Crippen LogP contribution in [0.25, 0.3) is 0 Å². The van der Waals surface area contributed by atoms with Crippen molar-refractivity contribution in [3.05, 3.63) is 36.0 Å². The van der Waals surface area contributed by atoms with Crippen molar-refractivity contribution >= 4 is 5.82 Å². The van der Waals surface area contributed by atoms with Crippen LogP contribution in [0.1, 0.15) is 56.3 Å². The minimum atomic E-state index is 0.230. The summed E-state index contributed by atoms with van der Waals surface area (Å²) in [4.78, 5) is 14.2.